The van der Waals surface area contributed by atoms with Crippen LogP contribution in [0.15, 0.2) is 30.6 Å². The Hall–Kier alpha value is -3.09. The number of nitrogens with zero attached hydrogens (tertiary/aromatic N) is 5. The van der Waals surface area contributed by atoms with Crippen LogP contribution in [-0.2, 0) is 4.79 Å². The van der Waals surface area contributed by atoms with Crippen molar-refractivity contribution < 1.29 is 9.53 Å². The first-order chi connectivity index (χ1) is 15.5. The highest BCUT2D eigenvalue weighted by atomic mass is 32.1. The third-order valence-electron chi connectivity index (χ3n) is 6.55. The number of pyridine rings is 2. The molecule has 0 atom stereocenters. The second-order valence-electron chi connectivity index (χ2n) is 8.51. The fourth-order valence-corrected chi connectivity index (χ4v) is 5.13. The van der Waals surface area contributed by atoms with E-state index < -0.39 is 5.54 Å². The SMILES string of the molecule is [C-]#[N+]c1ncc(N2C(=O)C3(CCC3)N(c3ccc(OC4CCNCC4)nc3)C2=S)cc1C. The molecule has 5 rings (SSSR count). The van der Waals surface area contributed by atoms with Crippen molar-refractivity contribution in [3.63, 3.8) is 0 Å². The molecule has 1 N–H and O–H groups in total. The smallest absolute Gasteiger partial charge is 0.272 e. The lowest BCUT2D eigenvalue weighted by molar-refractivity contribution is -0.123. The summed E-state index contributed by atoms with van der Waals surface area (Å²) in [5.74, 6) is 0.877. The van der Waals surface area contributed by atoms with Gasteiger partial charge in [0.15, 0.2) is 5.11 Å². The van der Waals surface area contributed by atoms with E-state index in [1.54, 1.807) is 23.4 Å². The van der Waals surface area contributed by atoms with E-state index in [9.17, 15) is 4.79 Å². The number of rotatable bonds is 4. The number of aromatic nitrogens is 2. The van der Waals surface area contributed by atoms with Gasteiger partial charge in [-0.1, -0.05) is 6.57 Å². The van der Waals surface area contributed by atoms with Crippen LogP contribution in [0.1, 0.15) is 37.7 Å². The Morgan fingerprint density at radius 3 is 2.56 bits per heavy atom. The van der Waals surface area contributed by atoms with Gasteiger partial charge >= 0.3 is 0 Å². The Morgan fingerprint density at radius 2 is 1.97 bits per heavy atom. The highest BCUT2D eigenvalue weighted by Gasteiger charge is 2.59. The molecule has 0 radical (unpaired) electrons. The monoisotopic (exact) mass is 448 g/mol. The van der Waals surface area contributed by atoms with Gasteiger partial charge in [0.05, 0.1) is 17.6 Å². The molecule has 0 aromatic carbocycles. The minimum absolute atomic E-state index is 0.0412. The van der Waals surface area contributed by atoms with Crippen LogP contribution in [0.4, 0.5) is 17.2 Å². The number of hydrogen-bond acceptors (Lipinski definition) is 6. The van der Waals surface area contributed by atoms with Gasteiger partial charge < -0.3 is 19.8 Å². The van der Waals surface area contributed by atoms with Crippen molar-refractivity contribution in [1.82, 2.24) is 15.3 Å². The number of amides is 1. The predicted octanol–water partition coefficient (Wildman–Crippen LogP) is 3.53. The van der Waals surface area contributed by atoms with Crippen molar-refractivity contribution in [3.8, 4) is 5.88 Å². The molecule has 2 aromatic heterocycles. The van der Waals surface area contributed by atoms with Crippen LogP contribution in [0.3, 0.4) is 0 Å². The molecule has 9 heteroatoms. The summed E-state index contributed by atoms with van der Waals surface area (Å²) in [5.41, 5.74) is 1.42. The third-order valence-corrected chi connectivity index (χ3v) is 6.91. The van der Waals surface area contributed by atoms with E-state index in [4.69, 9.17) is 23.5 Å². The molecule has 164 valence electrons. The molecule has 1 amide bonds. The minimum atomic E-state index is -0.678. The first kappa shape index (κ1) is 20.8. The van der Waals surface area contributed by atoms with E-state index in [2.05, 4.69) is 20.1 Å². The summed E-state index contributed by atoms with van der Waals surface area (Å²) in [6.07, 6.45) is 7.84. The largest absolute Gasteiger partial charge is 0.474 e. The van der Waals surface area contributed by atoms with Crippen molar-refractivity contribution in [3.05, 3.63) is 47.6 Å². The first-order valence-electron chi connectivity index (χ1n) is 10.9. The number of nitrogens with one attached hydrogen (secondary N) is 1. The van der Waals surface area contributed by atoms with E-state index in [0.717, 1.165) is 56.4 Å². The molecule has 1 saturated carbocycles. The second kappa shape index (κ2) is 8.11. The van der Waals surface area contributed by atoms with Crippen molar-refractivity contribution in [2.45, 2.75) is 50.7 Å². The van der Waals surface area contributed by atoms with E-state index >= 15 is 0 Å². The normalized spacial score (nSPS) is 20.4. The van der Waals surface area contributed by atoms with Crippen LogP contribution in [0.25, 0.3) is 4.85 Å². The molecule has 2 aromatic rings. The van der Waals surface area contributed by atoms with Crippen molar-refractivity contribution in [2.75, 3.05) is 22.9 Å². The van der Waals surface area contributed by atoms with Crippen molar-refractivity contribution >= 4 is 40.4 Å². The predicted molar refractivity (Wildman–Crippen MR) is 125 cm³/mol. The molecule has 4 heterocycles. The lowest BCUT2D eigenvalue weighted by atomic mass is 9.75. The van der Waals surface area contributed by atoms with Crippen LogP contribution in [0.2, 0.25) is 0 Å². The fourth-order valence-electron chi connectivity index (χ4n) is 4.66. The van der Waals surface area contributed by atoms with E-state index in [1.165, 1.54) is 0 Å². The van der Waals surface area contributed by atoms with Gasteiger partial charge in [-0.25, -0.2) is 4.98 Å². The van der Waals surface area contributed by atoms with Crippen LogP contribution in [0, 0.1) is 13.5 Å². The highest BCUT2D eigenvalue weighted by Crippen LogP contribution is 2.47. The summed E-state index contributed by atoms with van der Waals surface area (Å²) in [6.45, 7) is 10.9. The van der Waals surface area contributed by atoms with Crippen molar-refractivity contribution in [1.29, 1.82) is 0 Å². The fraction of sp³-hybridized carbons (Fsp3) is 0.435. The standard InChI is InChI=1S/C23H24N6O2S/c1-15-12-17(14-27-20(15)24-2)28-21(30)23(8-3-9-23)29(22(28)32)16-4-5-19(26-13-16)31-18-6-10-25-11-7-18/h4-5,12-14,18,25H,3,6-11H2,1H3. The van der Waals surface area contributed by atoms with Gasteiger partial charge in [-0.2, -0.15) is 0 Å². The molecule has 0 bridgehead atoms. The maximum Gasteiger partial charge on any atom is 0.272 e. The second-order valence-corrected chi connectivity index (χ2v) is 8.88. The quantitative estimate of drug-likeness (QED) is 0.567. The summed E-state index contributed by atoms with van der Waals surface area (Å²) >= 11 is 5.80. The zero-order valence-electron chi connectivity index (χ0n) is 17.9. The summed E-state index contributed by atoms with van der Waals surface area (Å²) in [4.78, 5) is 29.2. The molecule has 1 spiro atoms. The van der Waals surface area contributed by atoms with Gasteiger partial charge in [-0.15, -0.1) is 4.98 Å². The lowest BCUT2D eigenvalue weighted by Gasteiger charge is -2.42. The van der Waals surface area contributed by atoms with Crippen molar-refractivity contribution in [2.24, 2.45) is 0 Å². The molecular formula is C23H24N6O2S. The van der Waals surface area contributed by atoms with Gasteiger partial charge in [0, 0.05) is 6.07 Å². The Bertz CT molecular complexity index is 1100. The number of anilines is 2. The number of hydrogen-bond donors (Lipinski definition) is 1. The third kappa shape index (κ3) is 3.31. The molecule has 1 aliphatic carbocycles. The number of carbonyl (C=O) groups excluding carboxylic acids is 1. The summed E-state index contributed by atoms with van der Waals surface area (Å²) in [6, 6.07) is 5.59. The Kier molecular flexibility index (Phi) is 5.27. The maximum atomic E-state index is 13.6. The van der Waals surface area contributed by atoms with Gasteiger partial charge in [0.25, 0.3) is 11.7 Å². The Morgan fingerprint density at radius 1 is 1.22 bits per heavy atom. The number of thiocarbonyl (C=S) groups is 1. The first-order valence-corrected chi connectivity index (χ1v) is 11.3. The number of carbonyl (C=O) groups is 1. The topological polar surface area (TPSA) is 75.0 Å². The Balaban J connectivity index is 1.43. The molecule has 3 aliphatic rings. The number of aryl methyl sites for hydroxylation is 1. The minimum Gasteiger partial charge on any atom is -0.474 e. The zero-order chi connectivity index (χ0) is 22.3. The molecule has 0 unspecified atom stereocenters. The summed E-state index contributed by atoms with van der Waals surface area (Å²) in [7, 11) is 0. The number of ether oxygens (including phenoxy) is 1. The van der Waals surface area contributed by atoms with Crippen LogP contribution >= 0.6 is 12.2 Å². The molecule has 2 saturated heterocycles. The van der Waals surface area contributed by atoms with Crippen LogP contribution in [0.5, 0.6) is 5.88 Å². The summed E-state index contributed by atoms with van der Waals surface area (Å²) in [5, 5.41) is 3.74. The van der Waals surface area contributed by atoms with Gasteiger partial charge in [0.2, 0.25) is 5.88 Å². The van der Waals surface area contributed by atoms with Crippen LogP contribution in [-0.4, -0.2) is 45.7 Å². The zero-order valence-corrected chi connectivity index (χ0v) is 18.7. The molecular weight excluding hydrogens is 424 g/mol. The molecule has 3 fully saturated rings. The average molecular weight is 449 g/mol. The van der Waals surface area contributed by atoms with Gasteiger partial charge in [0.1, 0.15) is 17.8 Å². The van der Waals surface area contributed by atoms with Crippen LogP contribution < -0.4 is 19.9 Å². The highest BCUT2D eigenvalue weighted by molar-refractivity contribution is 7.81. The van der Waals surface area contributed by atoms with Gasteiger partial charge in [-0.05, 0) is 82.0 Å². The van der Waals surface area contributed by atoms with E-state index in [-0.39, 0.29) is 12.0 Å². The number of piperidine rings is 1. The average Bonchev–Trinajstić information content (AvgIpc) is 3.02. The molecule has 2 aliphatic heterocycles. The summed E-state index contributed by atoms with van der Waals surface area (Å²) < 4.78 is 6.03. The van der Waals surface area contributed by atoms with Gasteiger partial charge in [-0.3, -0.25) is 9.69 Å². The molecule has 8 nitrogen and oxygen atoms in total. The Labute approximate surface area is 192 Å². The van der Waals surface area contributed by atoms with E-state index in [1.807, 2.05) is 24.0 Å². The maximum absolute atomic E-state index is 13.6. The lowest BCUT2D eigenvalue weighted by Crippen LogP contribution is -2.55. The van der Waals surface area contributed by atoms with E-state index in [0.29, 0.717) is 22.5 Å². The molecule has 32 heavy (non-hydrogen) atoms.